The lowest BCUT2D eigenvalue weighted by molar-refractivity contribution is -0.118. The fourth-order valence-electron chi connectivity index (χ4n) is 3.04. The third kappa shape index (κ3) is 3.65. The molecule has 9 heteroatoms. The van der Waals surface area contributed by atoms with Crippen LogP contribution in [0.2, 0.25) is 0 Å². The van der Waals surface area contributed by atoms with Crippen molar-refractivity contribution in [1.82, 2.24) is 20.2 Å². The molecule has 2 heterocycles. The van der Waals surface area contributed by atoms with Crippen molar-refractivity contribution in [3.05, 3.63) is 30.1 Å². The number of fused-ring (bicyclic) bond motifs is 1. The van der Waals surface area contributed by atoms with Gasteiger partial charge < -0.3 is 15.2 Å². The van der Waals surface area contributed by atoms with Crippen molar-refractivity contribution in [2.24, 2.45) is 0 Å². The Hall–Kier alpha value is -2.42. The maximum Gasteiger partial charge on any atom is 0.253 e. The number of nitrogens with zero attached hydrogens (tertiary/aromatic N) is 2. The van der Waals surface area contributed by atoms with Crippen molar-refractivity contribution in [1.29, 1.82) is 0 Å². The van der Waals surface area contributed by atoms with Crippen molar-refractivity contribution in [3.8, 4) is 0 Å². The zero-order chi connectivity index (χ0) is 18.0. The average molecular weight is 364 g/mol. The molecule has 2 N–H and O–H groups in total. The second-order valence-corrected chi connectivity index (χ2v) is 8.39. The number of benzene rings is 1. The first-order valence-electron chi connectivity index (χ1n) is 8.05. The molecule has 1 saturated heterocycles. The Morgan fingerprint density at radius 2 is 2.04 bits per heavy atom. The van der Waals surface area contributed by atoms with Crippen molar-refractivity contribution in [2.75, 3.05) is 25.9 Å². The third-order valence-electron chi connectivity index (χ3n) is 4.52. The molecule has 25 heavy (non-hydrogen) atoms. The molecule has 1 aliphatic heterocycles. The van der Waals surface area contributed by atoms with Crippen molar-refractivity contribution in [3.63, 3.8) is 0 Å². The smallest absolute Gasteiger partial charge is 0.253 e. The van der Waals surface area contributed by atoms with Crippen LogP contribution in [0.15, 0.2) is 24.5 Å². The fraction of sp³-hybridized carbons (Fsp3) is 0.438. The van der Waals surface area contributed by atoms with Crippen LogP contribution in [0.25, 0.3) is 11.0 Å². The molecule has 2 aromatic rings. The molecule has 0 atom stereocenters. The van der Waals surface area contributed by atoms with Crippen molar-refractivity contribution >= 4 is 32.7 Å². The number of aromatic nitrogens is 2. The number of rotatable bonds is 4. The summed E-state index contributed by atoms with van der Waals surface area (Å²) in [6.45, 7) is 0.717. The number of hydrogen-bond acceptors (Lipinski definition) is 5. The van der Waals surface area contributed by atoms with E-state index in [2.05, 4.69) is 15.3 Å². The van der Waals surface area contributed by atoms with E-state index in [0.29, 0.717) is 31.5 Å². The average Bonchev–Trinajstić information content (AvgIpc) is 3.08. The predicted octanol–water partition coefficient (Wildman–Crippen LogP) is 0.328. The van der Waals surface area contributed by atoms with Crippen LogP contribution in [0.4, 0.5) is 0 Å². The van der Waals surface area contributed by atoms with E-state index >= 15 is 0 Å². The highest BCUT2D eigenvalue weighted by Crippen LogP contribution is 2.21. The lowest BCUT2D eigenvalue weighted by Crippen LogP contribution is -2.44. The Labute approximate surface area is 145 Å². The normalized spacial score (nSPS) is 16.1. The summed E-state index contributed by atoms with van der Waals surface area (Å²) in [6, 6.07) is 5.25. The molecule has 0 spiro atoms. The number of piperidine rings is 1. The lowest BCUT2D eigenvalue weighted by atomic mass is 10.1. The van der Waals surface area contributed by atoms with Gasteiger partial charge in [-0.05, 0) is 31.0 Å². The van der Waals surface area contributed by atoms with Gasteiger partial charge >= 0.3 is 0 Å². The quantitative estimate of drug-likeness (QED) is 0.812. The van der Waals surface area contributed by atoms with Gasteiger partial charge in [0, 0.05) is 25.7 Å². The molecule has 1 aliphatic rings. The van der Waals surface area contributed by atoms with Gasteiger partial charge in [0.2, 0.25) is 5.91 Å². The van der Waals surface area contributed by atoms with E-state index < -0.39 is 26.7 Å². The van der Waals surface area contributed by atoms with Gasteiger partial charge in [-0.2, -0.15) is 0 Å². The first kappa shape index (κ1) is 17.4. The summed E-state index contributed by atoms with van der Waals surface area (Å²) >= 11 is 0. The Kier molecular flexibility index (Phi) is 4.76. The highest BCUT2D eigenvalue weighted by molar-refractivity contribution is 7.92. The summed E-state index contributed by atoms with van der Waals surface area (Å²) in [6.07, 6.45) is 2.26. The van der Waals surface area contributed by atoms with E-state index in [9.17, 15) is 18.0 Å². The molecule has 8 nitrogen and oxygen atoms in total. The van der Waals surface area contributed by atoms with Crippen LogP contribution in [0, 0.1) is 0 Å². The number of carbonyl (C=O) groups excluding carboxylic acids is 2. The molecular formula is C16H20N4O4S. The Bertz CT molecular complexity index is 898. The molecule has 134 valence electrons. The maximum atomic E-state index is 12.6. The summed E-state index contributed by atoms with van der Waals surface area (Å²) in [5.41, 5.74) is 2.12. The highest BCUT2D eigenvalue weighted by atomic mass is 32.2. The van der Waals surface area contributed by atoms with Crippen LogP contribution in [0.5, 0.6) is 0 Å². The van der Waals surface area contributed by atoms with E-state index in [-0.39, 0.29) is 5.91 Å². The van der Waals surface area contributed by atoms with Gasteiger partial charge in [-0.25, -0.2) is 13.4 Å². The van der Waals surface area contributed by atoms with E-state index in [1.165, 1.54) is 7.05 Å². The number of aromatic amines is 1. The summed E-state index contributed by atoms with van der Waals surface area (Å²) in [5.74, 6) is -1.14. The van der Waals surface area contributed by atoms with E-state index in [0.717, 1.165) is 11.0 Å². The highest BCUT2D eigenvalue weighted by Gasteiger charge is 2.33. The lowest BCUT2D eigenvalue weighted by Gasteiger charge is -2.31. The van der Waals surface area contributed by atoms with E-state index in [4.69, 9.17) is 0 Å². The second-order valence-electron chi connectivity index (χ2n) is 6.11. The molecule has 1 fully saturated rings. The molecule has 1 aromatic carbocycles. The summed E-state index contributed by atoms with van der Waals surface area (Å²) in [4.78, 5) is 32.7. The molecule has 0 unspecified atom stereocenters. The fourth-order valence-corrected chi connectivity index (χ4v) is 4.72. The summed E-state index contributed by atoms with van der Waals surface area (Å²) in [7, 11) is -2.08. The van der Waals surface area contributed by atoms with Gasteiger partial charge in [0.25, 0.3) is 5.91 Å². The molecule has 3 rings (SSSR count). The topological polar surface area (TPSA) is 112 Å². The molecule has 1 aromatic heterocycles. The van der Waals surface area contributed by atoms with Gasteiger partial charge in [-0.3, -0.25) is 9.59 Å². The van der Waals surface area contributed by atoms with Gasteiger partial charge in [0.1, 0.15) is 5.75 Å². The Morgan fingerprint density at radius 1 is 1.32 bits per heavy atom. The van der Waals surface area contributed by atoms with Crippen LogP contribution in [-0.2, 0) is 14.6 Å². The van der Waals surface area contributed by atoms with Crippen LogP contribution >= 0.6 is 0 Å². The molecule has 0 saturated carbocycles. The third-order valence-corrected chi connectivity index (χ3v) is 6.67. The minimum absolute atomic E-state index is 0.126. The molecule has 2 amide bonds. The number of carbonyl (C=O) groups is 2. The zero-order valence-electron chi connectivity index (χ0n) is 13.9. The molecule has 0 bridgehead atoms. The van der Waals surface area contributed by atoms with Crippen LogP contribution < -0.4 is 5.32 Å². The Morgan fingerprint density at radius 3 is 2.72 bits per heavy atom. The molecule has 0 radical (unpaired) electrons. The van der Waals surface area contributed by atoms with Crippen LogP contribution in [0.1, 0.15) is 23.2 Å². The summed E-state index contributed by atoms with van der Waals surface area (Å²) < 4.78 is 24.5. The van der Waals surface area contributed by atoms with Crippen LogP contribution in [0.3, 0.4) is 0 Å². The van der Waals surface area contributed by atoms with Gasteiger partial charge in [-0.15, -0.1) is 0 Å². The minimum Gasteiger partial charge on any atom is -0.358 e. The number of amides is 2. The van der Waals surface area contributed by atoms with Crippen molar-refractivity contribution < 1.29 is 18.0 Å². The van der Waals surface area contributed by atoms with Gasteiger partial charge in [0.05, 0.1) is 22.6 Å². The monoisotopic (exact) mass is 364 g/mol. The minimum atomic E-state index is -3.49. The number of likely N-dealkylation sites (tertiary alicyclic amines) is 1. The number of hydrogen-bond donors (Lipinski definition) is 2. The number of H-pyrrole nitrogens is 1. The van der Waals surface area contributed by atoms with Gasteiger partial charge in [-0.1, -0.05) is 0 Å². The number of imidazole rings is 1. The zero-order valence-corrected chi connectivity index (χ0v) is 14.7. The van der Waals surface area contributed by atoms with E-state index in [1.54, 1.807) is 29.4 Å². The first-order chi connectivity index (χ1) is 11.9. The Balaban J connectivity index is 1.65. The number of nitrogens with one attached hydrogen (secondary N) is 2. The first-order valence-corrected chi connectivity index (χ1v) is 9.77. The van der Waals surface area contributed by atoms with E-state index in [1.807, 2.05) is 0 Å². The van der Waals surface area contributed by atoms with Crippen LogP contribution in [-0.4, -0.2) is 66.2 Å². The SMILES string of the molecule is CNC(=O)CS(=O)(=O)C1CCN(C(=O)c2ccc3nc[nH]c3c2)CC1. The molecule has 0 aliphatic carbocycles. The summed E-state index contributed by atoms with van der Waals surface area (Å²) in [5, 5.41) is 1.75. The standard InChI is InChI=1S/C16H20N4O4S/c1-17-15(21)9-25(23,24)12-4-6-20(7-5-12)16(22)11-2-3-13-14(8-11)19-10-18-13/h2-3,8,10,12H,4-7,9H2,1H3,(H,17,21)(H,18,19). The largest absolute Gasteiger partial charge is 0.358 e. The van der Waals surface area contributed by atoms with Crippen molar-refractivity contribution in [2.45, 2.75) is 18.1 Å². The maximum absolute atomic E-state index is 12.6. The predicted molar refractivity (Wildman–Crippen MR) is 92.9 cm³/mol. The second kappa shape index (κ2) is 6.83. The number of sulfone groups is 1. The van der Waals surface area contributed by atoms with Gasteiger partial charge in [0.15, 0.2) is 9.84 Å². The molecular weight excluding hydrogens is 344 g/mol.